The summed E-state index contributed by atoms with van der Waals surface area (Å²) in [4.78, 5) is 24.6. The monoisotopic (exact) mass is 226 g/mol. The van der Waals surface area contributed by atoms with Crippen LogP contribution in [0, 0.1) is 0 Å². The Hall–Kier alpha value is -1.40. The number of nitrogens with one attached hydrogen (secondary N) is 1. The van der Waals surface area contributed by atoms with Crippen molar-refractivity contribution >= 4 is 0 Å². The van der Waals surface area contributed by atoms with E-state index in [-0.39, 0.29) is 18.8 Å². The molecule has 0 unspecified atom stereocenters. The molecule has 6 nitrogen and oxygen atoms in total. The van der Waals surface area contributed by atoms with Crippen molar-refractivity contribution in [1.29, 1.82) is 0 Å². The number of nitrogens with zero attached hydrogens (tertiary/aromatic N) is 1. The van der Waals surface area contributed by atoms with Crippen molar-refractivity contribution < 1.29 is 9.84 Å². The van der Waals surface area contributed by atoms with E-state index in [1.807, 2.05) is 0 Å². The summed E-state index contributed by atoms with van der Waals surface area (Å²) in [6.07, 6.45) is 2.74. The van der Waals surface area contributed by atoms with Crippen LogP contribution in [0.5, 0.6) is 0 Å². The predicted octanol–water partition coefficient (Wildman–Crippen LogP) is -0.751. The van der Waals surface area contributed by atoms with Crippen molar-refractivity contribution in [2.45, 2.75) is 25.0 Å². The minimum Gasteiger partial charge on any atom is -0.396 e. The smallest absolute Gasteiger partial charge is 0.328 e. The fourth-order valence-electron chi connectivity index (χ4n) is 1.94. The number of hydrogen-bond acceptors (Lipinski definition) is 4. The zero-order valence-corrected chi connectivity index (χ0v) is 8.76. The maximum absolute atomic E-state index is 11.5. The molecule has 0 saturated carbocycles. The largest absolute Gasteiger partial charge is 0.396 e. The van der Waals surface area contributed by atoms with Crippen LogP contribution >= 0.6 is 0 Å². The molecule has 0 bridgehead atoms. The third-order valence-electron chi connectivity index (χ3n) is 2.75. The van der Waals surface area contributed by atoms with E-state index in [1.165, 1.54) is 16.8 Å². The Labute approximate surface area is 91.5 Å². The number of aromatic nitrogens is 2. The van der Waals surface area contributed by atoms with Gasteiger partial charge in [0, 0.05) is 18.9 Å². The average molecular weight is 226 g/mol. The zero-order chi connectivity index (χ0) is 11.5. The highest BCUT2D eigenvalue weighted by Crippen LogP contribution is 2.24. The molecule has 2 atom stereocenters. The maximum Gasteiger partial charge on any atom is 0.328 e. The number of aliphatic hydroxyl groups excluding tert-OH is 1. The van der Waals surface area contributed by atoms with Gasteiger partial charge in [0.05, 0.1) is 18.8 Å². The molecule has 1 aromatic rings. The van der Waals surface area contributed by atoms with Crippen molar-refractivity contribution in [2.24, 2.45) is 0 Å². The highest BCUT2D eigenvalue weighted by atomic mass is 16.5. The fraction of sp³-hybridized carbons (Fsp3) is 0.600. The zero-order valence-electron chi connectivity index (χ0n) is 8.76. The van der Waals surface area contributed by atoms with Crippen molar-refractivity contribution in [3.05, 3.63) is 33.1 Å². The van der Waals surface area contributed by atoms with Crippen LogP contribution in [0.3, 0.4) is 0 Å². The Morgan fingerprint density at radius 3 is 3.06 bits per heavy atom. The van der Waals surface area contributed by atoms with E-state index in [4.69, 9.17) is 9.84 Å². The molecule has 1 aliphatic heterocycles. The first-order valence-electron chi connectivity index (χ1n) is 5.24. The van der Waals surface area contributed by atoms with Crippen molar-refractivity contribution in [1.82, 2.24) is 9.55 Å². The van der Waals surface area contributed by atoms with Crippen LogP contribution < -0.4 is 11.2 Å². The first-order chi connectivity index (χ1) is 7.70. The summed E-state index contributed by atoms with van der Waals surface area (Å²) in [5.41, 5.74) is -0.808. The van der Waals surface area contributed by atoms with Gasteiger partial charge in [0.15, 0.2) is 0 Å². The molecule has 0 spiro atoms. The van der Waals surface area contributed by atoms with Crippen LogP contribution in [0.15, 0.2) is 21.9 Å². The summed E-state index contributed by atoms with van der Waals surface area (Å²) >= 11 is 0. The van der Waals surface area contributed by atoms with Gasteiger partial charge in [0.1, 0.15) is 0 Å². The molecule has 2 rings (SSSR count). The number of aromatic amines is 1. The summed E-state index contributed by atoms with van der Waals surface area (Å²) in [5.74, 6) is 0. The summed E-state index contributed by atoms with van der Waals surface area (Å²) in [6.45, 7) is 0.522. The van der Waals surface area contributed by atoms with Crippen LogP contribution in [0.1, 0.15) is 18.9 Å². The Bertz CT molecular complexity index is 464. The summed E-state index contributed by atoms with van der Waals surface area (Å²) in [5, 5.41) is 8.78. The predicted molar refractivity (Wildman–Crippen MR) is 56.4 cm³/mol. The first-order valence-corrected chi connectivity index (χ1v) is 5.24. The van der Waals surface area contributed by atoms with Crippen molar-refractivity contribution in [3.63, 3.8) is 0 Å². The summed E-state index contributed by atoms with van der Waals surface area (Å²) < 4.78 is 6.90. The van der Waals surface area contributed by atoms with E-state index in [9.17, 15) is 9.59 Å². The van der Waals surface area contributed by atoms with Crippen LogP contribution in [-0.4, -0.2) is 34.0 Å². The highest BCUT2D eigenvalue weighted by molar-refractivity contribution is 4.88. The SMILES string of the molecule is O=c1ccn([C@@H]2CO[C@H](CCO)C2)c(=O)[nH]1. The first kappa shape index (κ1) is 11.1. The number of H-pyrrole nitrogens is 1. The second-order valence-corrected chi connectivity index (χ2v) is 3.87. The van der Waals surface area contributed by atoms with E-state index in [2.05, 4.69) is 4.98 Å². The van der Waals surface area contributed by atoms with Crippen LogP contribution in [-0.2, 0) is 4.74 Å². The number of hydrogen-bond donors (Lipinski definition) is 2. The molecular weight excluding hydrogens is 212 g/mol. The van der Waals surface area contributed by atoms with Gasteiger partial charge in [0.2, 0.25) is 0 Å². The van der Waals surface area contributed by atoms with Crippen LogP contribution in [0.4, 0.5) is 0 Å². The van der Waals surface area contributed by atoms with Gasteiger partial charge in [-0.05, 0) is 12.8 Å². The lowest BCUT2D eigenvalue weighted by molar-refractivity contribution is 0.0841. The van der Waals surface area contributed by atoms with E-state index in [0.29, 0.717) is 19.4 Å². The average Bonchev–Trinajstić information content (AvgIpc) is 2.67. The van der Waals surface area contributed by atoms with Gasteiger partial charge in [-0.2, -0.15) is 0 Å². The number of rotatable bonds is 3. The van der Waals surface area contributed by atoms with Crippen LogP contribution in [0.2, 0.25) is 0 Å². The Balaban J connectivity index is 2.14. The molecule has 0 amide bonds. The molecule has 1 aliphatic rings. The second-order valence-electron chi connectivity index (χ2n) is 3.87. The third-order valence-corrected chi connectivity index (χ3v) is 2.75. The molecule has 0 radical (unpaired) electrons. The van der Waals surface area contributed by atoms with Gasteiger partial charge in [0.25, 0.3) is 5.56 Å². The van der Waals surface area contributed by atoms with Crippen molar-refractivity contribution in [2.75, 3.05) is 13.2 Å². The normalized spacial score (nSPS) is 24.8. The summed E-state index contributed by atoms with van der Waals surface area (Å²) in [7, 11) is 0. The second kappa shape index (κ2) is 4.63. The minimum atomic E-state index is -0.411. The molecule has 0 aromatic carbocycles. The lowest BCUT2D eigenvalue weighted by Gasteiger charge is -2.10. The molecule has 0 aliphatic carbocycles. The van der Waals surface area contributed by atoms with E-state index in [1.54, 1.807) is 0 Å². The lowest BCUT2D eigenvalue weighted by atomic mass is 10.1. The molecule has 1 aromatic heterocycles. The number of ether oxygens (including phenoxy) is 1. The molecule has 1 fully saturated rings. The van der Waals surface area contributed by atoms with Gasteiger partial charge in [-0.15, -0.1) is 0 Å². The lowest BCUT2D eigenvalue weighted by Crippen LogP contribution is -2.31. The van der Waals surface area contributed by atoms with Crippen LogP contribution in [0.25, 0.3) is 0 Å². The fourth-order valence-corrected chi connectivity index (χ4v) is 1.94. The third kappa shape index (κ3) is 2.23. The number of aliphatic hydroxyl groups is 1. The van der Waals surface area contributed by atoms with E-state index >= 15 is 0 Å². The molecule has 6 heteroatoms. The Morgan fingerprint density at radius 2 is 2.38 bits per heavy atom. The topological polar surface area (TPSA) is 84.3 Å². The van der Waals surface area contributed by atoms with E-state index in [0.717, 1.165) is 0 Å². The molecule has 2 heterocycles. The molecule has 1 saturated heterocycles. The quantitative estimate of drug-likeness (QED) is 0.710. The Kier molecular flexibility index (Phi) is 3.21. The van der Waals surface area contributed by atoms with E-state index < -0.39 is 11.2 Å². The van der Waals surface area contributed by atoms with Gasteiger partial charge < -0.3 is 9.84 Å². The molecular formula is C10H14N2O4. The minimum absolute atomic E-state index is 0.00571. The van der Waals surface area contributed by atoms with Gasteiger partial charge in [-0.3, -0.25) is 14.3 Å². The summed E-state index contributed by atoms with van der Waals surface area (Å²) in [6, 6.07) is 1.27. The maximum atomic E-state index is 11.5. The standard InChI is InChI=1S/C10H14N2O4/c13-4-2-8-5-7(6-16-8)12-3-1-9(14)11-10(12)15/h1,3,7-8,13H,2,4-6H2,(H,11,14,15)/t7-,8+/m0/s1. The Morgan fingerprint density at radius 1 is 1.56 bits per heavy atom. The van der Waals surface area contributed by atoms with Crippen molar-refractivity contribution in [3.8, 4) is 0 Å². The van der Waals surface area contributed by atoms with Gasteiger partial charge in [-0.1, -0.05) is 0 Å². The molecule has 2 N–H and O–H groups in total. The van der Waals surface area contributed by atoms with Gasteiger partial charge in [-0.25, -0.2) is 4.79 Å². The highest BCUT2D eigenvalue weighted by Gasteiger charge is 2.26. The van der Waals surface area contributed by atoms with Gasteiger partial charge >= 0.3 is 5.69 Å². The molecule has 16 heavy (non-hydrogen) atoms. The molecule has 88 valence electrons.